The van der Waals surface area contributed by atoms with Crippen molar-refractivity contribution in [2.75, 3.05) is 0 Å². The van der Waals surface area contributed by atoms with Gasteiger partial charge in [-0.25, -0.2) is 0 Å². The summed E-state index contributed by atoms with van der Waals surface area (Å²) < 4.78 is 0. The molecule has 0 aliphatic heterocycles. The lowest BCUT2D eigenvalue weighted by atomic mass is 10.0. The van der Waals surface area contributed by atoms with Gasteiger partial charge in [-0.3, -0.25) is 9.59 Å². The second-order valence-electron chi connectivity index (χ2n) is 5.52. The third-order valence-electron chi connectivity index (χ3n) is 3.50. The van der Waals surface area contributed by atoms with E-state index in [0.717, 1.165) is 5.56 Å². The lowest BCUT2D eigenvalue weighted by molar-refractivity contribution is 0.0950. The van der Waals surface area contributed by atoms with Crippen molar-refractivity contribution >= 4 is 11.8 Å². The van der Waals surface area contributed by atoms with E-state index in [1.54, 1.807) is 18.2 Å². The van der Waals surface area contributed by atoms with E-state index in [-0.39, 0.29) is 5.91 Å². The zero-order valence-electron chi connectivity index (χ0n) is 12.8. The molecule has 4 nitrogen and oxygen atoms in total. The van der Waals surface area contributed by atoms with E-state index in [0.29, 0.717) is 23.6 Å². The Morgan fingerprint density at radius 2 is 1.73 bits per heavy atom. The molecule has 3 N–H and O–H groups in total. The van der Waals surface area contributed by atoms with Crippen LogP contribution in [-0.4, -0.2) is 11.8 Å². The van der Waals surface area contributed by atoms with Crippen LogP contribution in [0.2, 0.25) is 0 Å². The van der Waals surface area contributed by atoms with Gasteiger partial charge in [-0.1, -0.05) is 38.1 Å². The maximum Gasteiger partial charge on any atom is 0.251 e. The molecule has 2 aromatic rings. The minimum absolute atomic E-state index is 0.139. The van der Waals surface area contributed by atoms with Crippen molar-refractivity contribution in [3.63, 3.8) is 0 Å². The SMILES string of the molecule is CC(C)c1ccc(C(=O)NCc2cccc(C(N)=O)c2)cc1. The van der Waals surface area contributed by atoms with Crippen molar-refractivity contribution in [3.8, 4) is 0 Å². The van der Waals surface area contributed by atoms with E-state index in [1.807, 2.05) is 30.3 Å². The summed E-state index contributed by atoms with van der Waals surface area (Å²) >= 11 is 0. The first-order valence-corrected chi connectivity index (χ1v) is 7.24. The van der Waals surface area contributed by atoms with Gasteiger partial charge in [-0.2, -0.15) is 0 Å². The number of amides is 2. The van der Waals surface area contributed by atoms with Crippen LogP contribution in [0.25, 0.3) is 0 Å². The number of nitrogens with two attached hydrogens (primary N) is 1. The average molecular weight is 296 g/mol. The minimum atomic E-state index is -0.475. The van der Waals surface area contributed by atoms with E-state index < -0.39 is 5.91 Å². The number of primary amides is 1. The Labute approximate surface area is 130 Å². The molecule has 2 aromatic carbocycles. The number of hydrogen-bond donors (Lipinski definition) is 2. The second kappa shape index (κ2) is 6.89. The Morgan fingerprint density at radius 3 is 2.32 bits per heavy atom. The smallest absolute Gasteiger partial charge is 0.251 e. The summed E-state index contributed by atoms with van der Waals surface area (Å²) in [5.41, 5.74) is 8.34. The standard InChI is InChI=1S/C18H20N2O2/c1-12(2)14-6-8-15(9-7-14)18(22)20-11-13-4-3-5-16(10-13)17(19)21/h3-10,12H,11H2,1-2H3,(H2,19,21)(H,20,22). The molecule has 0 bridgehead atoms. The topological polar surface area (TPSA) is 72.2 Å². The Hall–Kier alpha value is -2.62. The minimum Gasteiger partial charge on any atom is -0.366 e. The number of benzene rings is 2. The quantitative estimate of drug-likeness (QED) is 0.890. The third kappa shape index (κ3) is 3.95. The first kappa shape index (κ1) is 15.8. The largest absolute Gasteiger partial charge is 0.366 e. The van der Waals surface area contributed by atoms with Crippen LogP contribution in [0.15, 0.2) is 48.5 Å². The van der Waals surface area contributed by atoms with Gasteiger partial charge in [0.1, 0.15) is 0 Å². The van der Waals surface area contributed by atoms with Crippen LogP contribution in [-0.2, 0) is 6.54 Å². The van der Waals surface area contributed by atoms with Gasteiger partial charge in [-0.15, -0.1) is 0 Å². The fraction of sp³-hybridized carbons (Fsp3) is 0.222. The summed E-state index contributed by atoms with van der Waals surface area (Å²) in [4.78, 5) is 23.2. The van der Waals surface area contributed by atoms with Gasteiger partial charge in [-0.05, 0) is 41.3 Å². The molecular formula is C18H20N2O2. The molecule has 114 valence electrons. The van der Waals surface area contributed by atoms with Gasteiger partial charge >= 0.3 is 0 Å². The molecule has 0 atom stereocenters. The predicted molar refractivity (Wildman–Crippen MR) is 86.7 cm³/mol. The second-order valence-corrected chi connectivity index (χ2v) is 5.52. The van der Waals surface area contributed by atoms with Crippen molar-refractivity contribution in [2.24, 2.45) is 5.73 Å². The van der Waals surface area contributed by atoms with Crippen LogP contribution in [0.5, 0.6) is 0 Å². The van der Waals surface area contributed by atoms with Crippen molar-refractivity contribution < 1.29 is 9.59 Å². The number of nitrogens with one attached hydrogen (secondary N) is 1. The van der Waals surface area contributed by atoms with E-state index >= 15 is 0 Å². The van der Waals surface area contributed by atoms with E-state index in [9.17, 15) is 9.59 Å². The highest BCUT2D eigenvalue weighted by Gasteiger charge is 2.07. The van der Waals surface area contributed by atoms with Gasteiger partial charge in [0.25, 0.3) is 5.91 Å². The molecule has 2 amide bonds. The number of hydrogen-bond acceptors (Lipinski definition) is 2. The molecule has 2 rings (SSSR count). The average Bonchev–Trinajstić information content (AvgIpc) is 2.53. The summed E-state index contributed by atoms with van der Waals surface area (Å²) in [5, 5.41) is 2.84. The van der Waals surface area contributed by atoms with E-state index in [1.165, 1.54) is 5.56 Å². The van der Waals surface area contributed by atoms with Crippen molar-refractivity contribution in [1.82, 2.24) is 5.32 Å². The van der Waals surface area contributed by atoms with Crippen molar-refractivity contribution in [3.05, 3.63) is 70.8 Å². The molecule has 0 heterocycles. The Bertz CT molecular complexity index is 676. The van der Waals surface area contributed by atoms with Crippen LogP contribution in [0.4, 0.5) is 0 Å². The Balaban J connectivity index is 2.00. The highest BCUT2D eigenvalue weighted by Crippen LogP contribution is 2.14. The molecule has 0 aliphatic carbocycles. The molecule has 0 unspecified atom stereocenters. The maximum atomic E-state index is 12.1. The monoisotopic (exact) mass is 296 g/mol. The van der Waals surface area contributed by atoms with Crippen molar-refractivity contribution in [1.29, 1.82) is 0 Å². The van der Waals surface area contributed by atoms with Crippen LogP contribution >= 0.6 is 0 Å². The summed E-state index contributed by atoms with van der Waals surface area (Å²) in [6, 6.07) is 14.5. The summed E-state index contributed by atoms with van der Waals surface area (Å²) in [6.45, 7) is 4.58. The van der Waals surface area contributed by atoms with Crippen LogP contribution < -0.4 is 11.1 Å². The molecule has 22 heavy (non-hydrogen) atoms. The van der Waals surface area contributed by atoms with Crippen LogP contribution in [0, 0.1) is 0 Å². The number of rotatable bonds is 5. The molecule has 0 aliphatic rings. The number of carbonyl (C=O) groups excluding carboxylic acids is 2. The molecular weight excluding hydrogens is 276 g/mol. The normalized spacial score (nSPS) is 10.5. The third-order valence-corrected chi connectivity index (χ3v) is 3.50. The zero-order valence-corrected chi connectivity index (χ0v) is 12.8. The lowest BCUT2D eigenvalue weighted by Crippen LogP contribution is -2.23. The van der Waals surface area contributed by atoms with Gasteiger partial charge in [0.2, 0.25) is 5.91 Å². The maximum absolute atomic E-state index is 12.1. The summed E-state index contributed by atoms with van der Waals surface area (Å²) in [7, 11) is 0. The van der Waals surface area contributed by atoms with Gasteiger partial charge in [0.05, 0.1) is 0 Å². The first-order valence-electron chi connectivity index (χ1n) is 7.24. The zero-order chi connectivity index (χ0) is 16.1. The first-order chi connectivity index (χ1) is 10.5. The molecule has 0 aromatic heterocycles. The van der Waals surface area contributed by atoms with Crippen molar-refractivity contribution in [2.45, 2.75) is 26.3 Å². The molecule has 0 fully saturated rings. The van der Waals surface area contributed by atoms with E-state index in [2.05, 4.69) is 19.2 Å². The summed E-state index contributed by atoms with van der Waals surface area (Å²) in [6.07, 6.45) is 0. The highest BCUT2D eigenvalue weighted by molar-refractivity contribution is 5.94. The molecule has 0 saturated carbocycles. The number of carbonyl (C=O) groups is 2. The van der Waals surface area contributed by atoms with Crippen LogP contribution in [0.1, 0.15) is 51.6 Å². The highest BCUT2D eigenvalue weighted by atomic mass is 16.2. The fourth-order valence-corrected chi connectivity index (χ4v) is 2.14. The predicted octanol–water partition coefficient (Wildman–Crippen LogP) is 2.84. The van der Waals surface area contributed by atoms with Gasteiger partial charge in [0, 0.05) is 17.7 Å². The Kier molecular flexibility index (Phi) is 4.94. The Morgan fingerprint density at radius 1 is 1.05 bits per heavy atom. The molecule has 0 radical (unpaired) electrons. The van der Waals surface area contributed by atoms with Crippen LogP contribution in [0.3, 0.4) is 0 Å². The molecule has 4 heteroatoms. The lowest BCUT2D eigenvalue weighted by Gasteiger charge is -2.08. The fourth-order valence-electron chi connectivity index (χ4n) is 2.14. The van der Waals surface area contributed by atoms with Gasteiger partial charge in [0.15, 0.2) is 0 Å². The molecule has 0 spiro atoms. The molecule has 0 saturated heterocycles. The van der Waals surface area contributed by atoms with E-state index in [4.69, 9.17) is 5.73 Å². The summed E-state index contributed by atoms with van der Waals surface area (Å²) in [5.74, 6) is -0.175. The van der Waals surface area contributed by atoms with Gasteiger partial charge < -0.3 is 11.1 Å².